The van der Waals surface area contributed by atoms with Gasteiger partial charge in [0.25, 0.3) is 0 Å². The Morgan fingerprint density at radius 1 is 1.25 bits per heavy atom. The van der Waals surface area contributed by atoms with Crippen LogP contribution in [0.5, 0.6) is 0 Å². The molecule has 0 aromatic rings. The average Bonchev–Trinajstić information content (AvgIpc) is 2.64. The highest BCUT2D eigenvalue weighted by molar-refractivity contribution is 7.80. The van der Waals surface area contributed by atoms with E-state index in [1.165, 1.54) is 0 Å². The van der Waals surface area contributed by atoms with Crippen molar-refractivity contribution in [2.75, 3.05) is 13.2 Å². The van der Waals surface area contributed by atoms with Crippen molar-refractivity contribution >= 4 is 23.1 Å². The molecule has 0 aromatic heterocycles. The zero-order valence-corrected chi connectivity index (χ0v) is 12.6. The maximum Gasteiger partial charge on any atom is 0.233 e. The molecule has 1 aliphatic carbocycles. The topological polar surface area (TPSA) is 84.6 Å². The van der Waals surface area contributed by atoms with Gasteiger partial charge < -0.3 is 20.9 Å². The van der Waals surface area contributed by atoms with Gasteiger partial charge in [-0.3, -0.25) is 4.79 Å². The number of thiocarbonyl (C=S) groups is 1. The summed E-state index contributed by atoms with van der Waals surface area (Å²) in [5.41, 5.74) is 5.02. The normalized spacial score (nSPS) is 30.2. The van der Waals surface area contributed by atoms with Crippen LogP contribution in [0.3, 0.4) is 0 Å². The van der Waals surface area contributed by atoms with Gasteiger partial charge in [-0.1, -0.05) is 31.5 Å². The van der Waals surface area contributed by atoms with Gasteiger partial charge in [0.05, 0.1) is 17.1 Å². The van der Waals surface area contributed by atoms with Crippen LogP contribution in [0.2, 0.25) is 0 Å². The van der Waals surface area contributed by atoms with Gasteiger partial charge in [-0.15, -0.1) is 0 Å². The van der Waals surface area contributed by atoms with Crippen molar-refractivity contribution in [1.82, 2.24) is 5.32 Å². The molecule has 1 heterocycles. The monoisotopic (exact) mass is 300 g/mol. The number of hydrogen-bond acceptors (Lipinski definition) is 4. The van der Waals surface area contributed by atoms with Crippen LogP contribution in [0, 0.1) is 5.41 Å². The van der Waals surface area contributed by atoms with E-state index in [1.807, 2.05) is 0 Å². The lowest BCUT2D eigenvalue weighted by Gasteiger charge is -2.36. The Balaban J connectivity index is 2.06. The van der Waals surface area contributed by atoms with E-state index in [1.54, 1.807) is 0 Å². The number of aliphatic hydroxyl groups is 1. The van der Waals surface area contributed by atoms with E-state index >= 15 is 0 Å². The third-order valence-corrected chi connectivity index (χ3v) is 4.94. The molecular formula is C14H24N2O3S. The number of nitrogens with two attached hydrogens (primary N) is 1. The second-order valence-corrected chi connectivity index (χ2v) is 6.28. The fourth-order valence-electron chi connectivity index (χ4n) is 3.07. The Kier molecular flexibility index (Phi) is 5.35. The minimum Gasteiger partial charge on any atom is -0.392 e. The summed E-state index contributed by atoms with van der Waals surface area (Å²) in [5.74, 6) is -0.140. The third-order valence-electron chi connectivity index (χ3n) is 4.55. The van der Waals surface area contributed by atoms with Gasteiger partial charge in [-0.05, 0) is 25.7 Å². The van der Waals surface area contributed by atoms with Crippen molar-refractivity contribution in [3.05, 3.63) is 0 Å². The van der Waals surface area contributed by atoms with Crippen molar-refractivity contribution in [2.24, 2.45) is 11.1 Å². The van der Waals surface area contributed by atoms with Crippen molar-refractivity contribution in [2.45, 2.75) is 57.1 Å². The summed E-state index contributed by atoms with van der Waals surface area (Å²) in [7, 11) is 0. The summed E-state index contributed by atoms with van der Waals surface area (Å²) >= 11 is 5.13. The number of carbonyl (C=O) groups is 1. The minimum absolute atomic E-state index is 0.140. The van der Waals surface area contributed by atoms with Crippen molar-refractivity contribution in [3.8, 4) is 0 Å². The lowest BCUT2D eigenvalue weighted by molar-refractivity contribution is -0.133. The Hall–Kier alpha value is -0.720. The van der Waals surface area contributed by atoms with Crippen LogP contribution in [0.15, 0.2) is 0 Å². The van der Waals surface area contributed by atoms with Gasteiger partial charge in [-0.2, -0.15) is 0 Å². The molecule has 6 heteroatoms. The molecule has 0 spiro atoms. The van der Waals surface area contributed by atoms with E-state index in [4.69, 9.17) is 22.7 Å². The van der Waals surface area contributed by atoms with Gasteiger partial charge >= 0.3 is 0 Å². The first-order valence-corrected chi connectivity index (χ1v) is 7.84. The van der Waals surface area contributed by atoms with Crippen LogP contribution in [0.4, 0.5) is 0 Å². The zero-order valence-electron chi connectivity index (χ0n) is 11.8. The third kappa shape index (κ3) is 3.30. The summed E-state index contributed by atoms with van der Waals surface area (Å²) in [6.45, 7) is 0.996. The maximum absolute atomic E-state index is 12.6. The molecule has 0 bridgehead atoms. The highest BCUT2D eigenvalue weighted by Crippen LogP contribution is 2.32. The minimum atomic E-state index is -0.806. The van der Waals surface area contributed by atoms with Gasteiger partial charge in [0.15, 0.2) is 0 Å². The Labute approximate surface area is 125 Å². The van der Waals surface area contributed by atoms with Gasteiger partial charge in [-0.25, -0.2) is 0 Å². The van der Waals surface area contributed by atoms with E-state index in [0.29, 0.717) is 26.1 Å². The molecule has 5 nitrogen and oxygen atoms in total. The van der Waals surface area contributed by atoms with Gasteiger partial charge in [0.2, 0.25) is 5.91 Å². The Morgan fingerprint density at radius 2 is 1.90 bits per heavy atom. The first-order valence-electron chi connectivity index (χ1n) is 7.43. The van der Waals surface area contributed by atoms with Crippen LogP contribution in [0.25, 0.3) is 0 Å². The van der Waals surface area contributed by atoms with Crippen molar-refractivity contribution in [1.29, 1.82) is 0 Å². The smallest absolute Gasteiger partial charge is 0.233 e. The molecule has 1 saturated heterocycles. The summed E-state index contributed by atoms with van der Waals surface area (Å²) in [6, 6.07) is -0.181. The molecule has 2 unspecified atom stereocenters. The number of amides is 1. The SMILES string of the molecule is NC(=S)C1(C(=O)NC2CCCCCC2O)CCOCC1. The molecule has 1 aliphatic heterocycles. The quantitative estimate of drug-likeness (QED) is 0.532. The highest BCUT2D eigenvalue weighted by atomic mass is 32.1. The van der Waals surface area contributed by atoms with Crippen LogP contribution in [-0.4, -0.2) is 41.4 Å². The summed E-state index contributed by atoms with van der Waals surface area (Å²) in [5, 5.41) is 13.1. The van der Waals surface area contributed by atoms with Crippen LogP contribution in [-0.2, 0) is 9.53 Å². The van der Waals surface area contributed by atoms with E-state index < -0.39 is 11.5 Å². The first-order chi connectivity index (χ1) is 9.56. The number of aliphatic hydroxyl groups excluding tert-OH is 1. The fourth-order valence-corrected chi connectivity index (χ4v) is 3.37. The maximum atomic E-state index is 12.6. The highest BCUT2D eigenvalue weighted by Gasteiger charge is 2.44. The fraction of sp³-hybridized carbons (Fsp3) is 0.857. The number of carbonyl (C=O) groups excluding carboxylic acids is 1. The molecule has 0 radical (unpaired) electrons. The number of rotatable bonds is 3. The summed E-state index contributed by atoms with van der Waals surface area (Å²) in [4.78, 5) is 12.9. The predicted molar refractivity (Wildman–Crippen MR) is 80.3 cm³/mol. The second-order valence-electron chi connectivity index (χ2n) is 5.84. The van der Waals surface area contributed by atoms with Gasteiger partial charge in [0.1, 0.15) is 5.41 Å². The summed E-state index contributed by atoms with van der Waals surface area (Å²) < 4.78 is 5.31. The number of nitrogens with one attached hydrogen (secondary N) is 1. The Morgan fingerprint density at radius 3 is 2.55 bits per heavy atom. The first kappa shape index (κ1) is 15.7. The van der Waals surface area contributed by atoms with E-state index in [0.717, 1.165) is 32.1 Å². The van der Waals surface area contributed by atoms with E-state index in [9.17, 15) is 9.90 Å². The Bertz CT molecular complexity index is 369. The average molecular weight is 300 g/mol. The van der Waals surface area contributed by atoms with Crippen molar-refractivity contribution < 1.29 is 14.6 Å². The number of ether oxygens (including phenoxy) is 1. The zero-order chi connectivity index (χ0) is 14.6. The molecule has 20 heavy (non-hydrogen) atoms. The second kappa shape index (κ2) is 6.83. The van der Waals surface area contributed by atoms with Crippen LogP contribution < -0.4 is 11.1 Å². The molecule has 1 saturated carbocycles. The van der Waals surface area contributed by atoms with Crippen molar-refractivity contribution in [3.63, 3.8) is 0 Å². The van der Waals surface area contributed by atoms with Gasteiger partial charge in [0, 0.05) is 13.2 Å². The van der Waals surface area contributed by atoms with Crippen LogP contribution >= 0.6 is 12.2 Å². The molecule has 2 atom stereocenters. The molecule has 114 valence electrons. The van der Waals surface area contributed by atoms with Crippen LogP contribution in [0.1, 0.15) is 44.9 Å². The molecule has 1 amide bonds. The standard InChI is InChI=1S/C14H24N2O3S/c15-12(20)14(6-8-19-9-7-14)13(18)16-10-4-2-1-3-5-11(10)17/h10-11,17H,1-9H2,(H2,15,20)(H,16,18). The molecule has 0 aromatic carbocycles. The summed E-state index contributed by atoms with van der Waals surface area (Å²) in [6.07, 6.45) is 5.30. The molecule has 4 N–H and O–H groups in total. The molecule has 2 aliphatic rings. The lowest BCUT2D eigenvalue weighted by Crippen LogP contribution is -2.55. The largest absolute Gasteiger partial charge is 0.392 e. The molecule has 2 rings (SSSR count). The van der Waals surface area contributed by atoms with E-state index in [-0.39, 0.29) is 16.9 Å². The predicted octanol–water partition coefficient (Wildman–Crippen LogP) is 0.879. The lowest BCUT2D eigenvalue weighted by atomic mass is 9.78. The molecular weight excluding hydrogens is 276 g/mol. The molecule has 2 fully saturated rings. The number of hydrogen-bond donors (Lipinski definition) is 3. The van der Waals surface area contributed by atoms with E-state index in [2.05, 4.69) is 5.32 Å².